The lowest BCUT2D eigenvalue weighted by molar-refractivity contribution is 0.0186. The van der Waals surface area contributed by atoms with E-state index in [0.29, 0.717) is 44.6 Å². The van der Waals surface area contributed by atoms with Gasteiger partial charge < -0.3 is 24.7 Å². The second kappa shape index (κ2) is 8.55. The average molecular weight is 399 g/mol. The highest BCUT2D eigenvalue weighted by atomic mass is 16.6. The number of piperazine rings is 1. The Morgan fingerprint density at radius 1 is 1.17 bits per heavy atom. The Morgan fingerprint density at radius 3 is 2.41 bits per heavy atom. The van der Waals surface area contributed by atoms with Crippen LogP contribution in [-0.4, -0.2) is 58.6 Å². The minimum Gasteiger partial charge on any atom is -0.444 e. The molecule has 0 radical (unpaired) electrons. The van der Waals surface area contributed by atoms with E-state index in [1.165, 1.54) is 5.56 Å². The molecule has 1 amide bonds. The molecule has 1 fully saturated rings. The van der Waals surface area contributed by atoms with E-state index < -0.39 is 5.60 Å². The summed E-state index contributed by atoms with van der Waals surface area (Å²) in [6.07, 6.45) is 1.31. The SMILES string of the molecule is Cc1ccc(-c2nc(CN=C(N)N3CCN(C(=O)OC(C)(C)C)CC3)co2)cc1. The fourth-order valence-corrected chi connectivity index (χ4v) is 2.91. The van der Waals surface area contributed by atoms with Crippen LogP contribution in [0.15, 0.2) is 39.9 Å². The average Bonchev–Trinajstić information content (AvgIpc) is 3.14. The normalized spacial score (nSPS) is 15.5. The van der Waals surface area contributed by atoms with Crippen LogP contribution in [0.1, 0.15) is 32.0 Å². The number of ether oxygens (including phenoxy) is 1. The Balaban J connectivity index is 1.52. The molecular weight excluding hydrogens is 370 g/mol. The molecule has 0 bridgehead atoms. The lowest BCUT2D eigenvalue weighted by Gasteiger charge is -2.36. The number of aromatic nitrogens is 1. The van der Waals surface area contributed by atoms with Crippen LogP contribution in [-0.2, 0) is 11.3 Å². The van der Waals surface area contributed by atoms with Crippen molar-refractivity contribution in [3.8, 4) is 11.5 Å². The van der Waals surface area contributed by atoms with Gasteiger partial charge in [-0.3, -0.25) is 0 Å². The summed E-state index contributed by atoms with van der Waals surface area (Å²) in [7, 11) is 0. The van der Waals surface area contributed by atoms with E-state index in [4.69, 9.17) is 14.9 Å². The molecular formula is C21H29N5O3. The van der Waals surface area contributed by atoms with Gasteiger partial charge in [-0.15, -0.1) is 0 Å². The molecule has 8 heteroatoms. The number of carbonyl (C=O) groups excluding carboxylic acids is 1. The third kappa shape index (κ3) is 5.73. The Bertz CT molecular complexity index is 859. The van der Waals surface area contributed by atoms with Gasteiger partial charge in [0.2, 0.25) is 5.89 Å². The standard InChI is InChI=1S/C21H29N5O3/c1-15-5-7-16(8-6-15)18-24-17(14-28-18)13-23-19(22)25-9-11-26(12-10-25)20(27)29-21(2,3)4/h5-8,14H,9-13H2,1-4H3,(H2,22,23). The zero-order chi connectivity index (χ0) is 21.0. The Labute approximate surface area is 171 Å². The Hall–Kier alpha value is -3.03. The first-order valence-electron chi connectivity index (χ1n) is 9.75. The molecule has 1 aliphatic rings. The van der Waals surface area contributed by atoms with E-state index in [-0.39, 0.29) is 6.09 Å². The van der Waals surface area contributed by atoms with Gasteiger partial charge in [0.05, 0.1) is 6.54 Å². The zero-order valence-electron chi connectivity index (χ0n) is 17.5. The molecule has 29 heavy (non-hydrogen) atoms. The van der Waals surface area contributed by atoms with Gasteiger partial charge in [-0.25, -0.2) is 14.8 Å². The third-order valence-corrected chi connectivity index (χ3v) is 4.51. The van der Waals surface area contributed by atoms with Crippen molar-refractivity contribution >= 4 is 12.1 Å². The Morgan fingerprint density at radius 2 is 1.79 bits per heavy atom. The summed E-state index contributed by atoms with van der Waals surface area (Å²) in [5.41, 5.74) is 8.47. The van der Waals surface area contributed by atoms with Crippen LogP contribution in [0.25, 0.3) is 11.5 Å². The monoisotopic (exact) mass is 399 g/mol. The highest BCUT2D eigenvalue weighted by molar-refractivity contribution is 5.78. The maximum absolute atomic E-state index is 12.1. The van der Waals surface area contributed by atoms with Crippen molar-refractivity contribution in [2.75, 3.05) is 26.2 Å². The minimum atomic E-state index is -0.496. The number of nitrogens with two attached hydrogens (primary N) is 1. The molecule has 0 saturated carbocycles. The van der Waals surface area contributed by atoms with Gasteiger partial charge in [-0.2, -0.15) is 0 Å². The molecule has 0 atom stereocenters. The summed E-state index contributed by atoms with van der Waals surface area (Å²) < 4.78 is 11.0. The van der Waals surface area contributed by atoms with Crippen LogP contribution >= 0.6 is 0 Å². The summed E-state index contributed by atoms with van der Waals surface area (Å²) >= 11 is 0. The number of oxazole rings is 1. The summed E-state index contributed by atoms with van der Waals surface area (Å²) in [6, 6.07) is 8.00. The van der Waals surface area contributed by atoms with E-state index >= 15 is 0 Å². The van der Waals surface area contributed by atoms with Gasteiger partial charge in [0.25, 0.3) is 0 Å². The van der Waals surface area contributed by atoms with Crippen molar-refractivity contribution in [1.29, 1.82) is 0 Å². The number of aliphatic imine (C=N–C) groups is 1. The van der Waals surface area contributed by atoms with Crippen LogP contribution in [0, 0.1) is 6.92 Å². The van der Waals surface area contributed by atoms with Crippen LogP contribution in [0.4, 0.5) is 4.79 Å². The van der Waals surface area contributed by atoms with Gasteiger partial charge in [0.15, 0.2) is 5.96 Å². The molecule has 2 heterocycles. The van der Waals surface area contributed by atoms with E-state index in [1.807, 2.05) is 56.9 Å². The predicted octanol–water partition coefficient (Wildman–Crippen LogP) is 3.02. The fraction of sp³-hybridized carbons (Fsp3) is 0.476. The van der Waals surface area contributed by atoms with Crippen molar-refractivity contribution < 1.29 is 13.9 Å². The summed E-state index contributed by atoms with van der Waals surface area (Å²) in [5.74, 6) is 1.01. The molecule has 1 saturated heterocycles. The first-order valence-corrected chi connectivity index (χ1v) is 9.75. The number of benzene rings is 1. The van der Waals surface area contributed by atoms with Crippen molar-refractivity contribution in [2.24, 2.45) is 10.7 Å². The topological polar surface area (TPSA) is 97.2 Å². The fourth-order valence-electron chi connectivity index (χ4n) is 2.91. The van der Waals surface area contributed by atoms with Crippen molar-refractivity contribution in [2.45, 2.75) is 39.8 Å². The molecule has 2 N–H and O–H groups in total. The largest absolute Gasteiger partial charge is 0.444 e. The second-order valence-corrected chi connectivity index (χ2v) is 8.14. The van der Waals surface area contributed by atoms with Gasteiger partial charge in [-0.05, 0) is 39.8 Å². The summed E-state index contributed by atoms with van der Waals surface area (Å²) in [5, 5.41) is 0. The molecule has 8 nitrogen and oxygen atoms in total. The quantitative estimate of drug-likeness (QED) is 0.629. The lowest BCUT2D eigenvalue weighted by Crippen LogP contribution is -2.53. The minimum absolute atomic E-state index is 0.293. The number of rotatable bonds is 3. The molecule has 1 aromatic carbocycles. The van der Waals surface area contributed by atoms with Gasteiger partial charge in [0.1, 0.15) is 17.6 Å². The van der Waals surface area contributed by atoms with E-state index in [0.717, 1.165) is 11.3 Å². The molecule has 2 aromatic rings. The molecule has 1 aromatic heterocycles. The first kappa shape index (κ1) is 20.7. The molecule has 1 aliphatic heterocycles. The first-order chi connectivity index (χ1) is 13.7. The van der Waals surface area contributed by atoms with E-state index in [9.17, 15) is 4.79 Å². The Kier molecular flexibility index (Phi) is 6.10. The number of nitrogens with zero attached hydrogens (tertiary/aromatic N) is 4. The number of hydrogen-bond acceptors (Lipinski definition) is 5. The van der Waals surface area contributed by atoms with Crippen molar-refractivity contribution in [3.63, 3.8) is 0 Å². The van der Waals surface area contributed by atoms with E-state index in [1.54, 1.807) is 11.2 Å². The van der Waals surface area contributed by atoms with E-state index in [2.05, 4.69) is 9.98 Å². The van der Waals surface area contributed by atoms with Gasteiger partial charge in [-0.1, -0.05) is 17.7 Å². The third-order valence-electron chi connectivity index (χ3n) is 4.51. The number of amides is 1. The van der Waals surface area contributed by atoms with Gasteiger partial charge >= 0.3 is 6.09 Å². The molecule has 0 aliphatic carbocycles. The van der Waals surface area contributed by atoms with Crippen LogP contribution in [0.5, 0.6) is 0 Å². The summed E-state index contributed by atoms with van der Waals surface area (Å²) in [4.78, 5) is 24.7. The lowest BCUT2D eigenvalue weighted by atomic mass is 10.1. The predicted molar refractivity (Wildman–Crippen MR) is 111 cm³/mol. The van der Waals surface area contributed by atoms with Crippen molar-refractivity contribution in [1.82, 2.24) is 14.8 Å². The maximum Gasteiger partial charge on any atom is 0.410 e. The number of hydrogen-bond donors (Lipinski definition) is 1. The second-order valence-electron chi connectivity index (χ2n) is 8.14. The maximum atomic E-state index is 12.1. The van der Waals surface area contributed by atoms with Crippen LogP contribution < -0.4 is 5.73 Å². The number of carbonyl (C=O) groups is 1. The highest BCUT2D eigenvalue weighted by Gasteiger charge is 2.26. The highest BCUT2D eigenvalue weighted by Crippen LogP contribution is 2.19. The molecule has 0 spiro atoms. The molecule has 156 valence electrons. The van der Waals surface area contributed by atoms with Crippen LogP contribution in [0.3, 0.4) is 0 Å². The smallest absolute Gasteiger partial charge is 0.410 e. The number of guanidine groups is 1. The zero-order valence-corrected chi connectivity index (χ0v) is 17.5. The molecule has 3 rings (SSSR count). The number of aryl methyl sites for hydroxylation is 1. The summed E-state index contributed by atoms with van der Waals surface area (Å²) in [6.45, 7) is 10.3. The van der Waals surface area contributed by atoms with Gasteiger partial charge in [0, 0.05) is 31.7 Å². The van der Waals surface area contributed by atoms with Crippen molar-refractivity contribution in [3.05, 3.63) is 41.8 Å². The molecule has 0 unspecified atom stereocenters. The van der Waals surface area contributed by atoms with Crippen LogP contribution in [0.2, 0.25) is 0 Å².